The van der Waals surface area contributed by atoms with Gasteiger partial charge in [-0.3, -0.25) is 9.28 Å². The van der Waals surface area contributed by atoms with Crippen molar-refractivity contribution in [2.45, 2.75) is 20.3 Å². The standard InChI is InChI=1S/C8H18NO2.CH3Cl/c1-5-8(10)11-7-9(3,4)6-2;1-2/h5-7H2,1-4H3;1H3/q+1;. The van der Waals surface area contributed by atoms with Crippen LogP contribution in [0.1, 0.15) is 20.3 Å². The molecule has 0 aliphatic heterocycles. The summed E-state index contributed by atoms with van der Waals surface area (Å²) in [5.74, 6) is -0.121. The second-order valence-electron chi connectivity index (χ2n) is 3.25. The molecule has 0 unspecified atom stereocenters. The molecule has 0 saturated carbocycles. The molecule has 0 aliphatic rings. The Morgan fingerprint density at radius 3 is 2.08 bits per heavy atom. The van der Waals surface area contributed by atoms with Gasteiger partial charge in [0.1, 0.15) is 0 Å². The van der Waals surface area contributed by atoms with Crippen LogP contribution in [0.4, 0.5) is 0 Å². The normalized spacial score (nSPS) is 10.0. The van der Waals surface area contributed by atoms with E-state index in [0.717, 1.165) is 11.0 Å². The van der Waals surface area contributed by atoms with E-state index in [0.29, 0.717) is 13.2 Å². The van der Waals surface area contributed by atoms with Crippen LogP contribution in [0.3, 0.4) is 0 Å². The van der Waals surface area contributed by atoms with Crippen LogP contribution < -0.4 is 0 Å². The van der Waals surface area contributed by atoms with Crippen molar-refractivity contribution in [3.63, 3.8) is 0 Å². The fourth-order valence-electron chi connectivity index (χ4n) is 0.440. The molecule has 0 aromatic rings. The smallest absolute Gasteiger partial charge is 0.309 e. The highest BCUT2D eigenvalue weighted by molar-refractivity contribution is 6.15. The van der Waals surface area contributed by atoms with Gasteiger partial charge in [0, 0.05) is 12.8 Å². The zero-order valence-corrected chi connectivity index (χ0v) is 10.0. The van der Waals surface area contributed by atoms with Gasteiger partial charge in [0.2, 0.25) is 6.73 Å². The van der Waals surface area contributed by atoms with Crippen LogP contribution in [-0.2, 0) is 9.53 Å². The topological polar surface area (TPSA) is 26.3 Å². The molecule has 80 valence electrons. The van der Waals surface area contributed by atoms with E-state index < -0.39 is 0 Å². The van der Waals surface area contributed by atoms with Gasteiger partial charge in [-0.25, -0.2) is 0 Å². The van der Waals surface area contributed by atoms with Crippen molar-refractivity contribution in [1.29, 1.82) is 0 Å². The molecule has 0 spiro atoms. The molecule has 0 heterocycles. The summed E-state index contributed by atoms with van der Waals surface area (Å²) >= 11 is 4.64. The van der Waals surface area contributed by atoms with E-state index >= 15 is 0 Å². The van der Waals surface area contributed by atoms with E-state index in [1.807, 2.05) is 14.1 Å². The first kappa shape index (κ1) is 15.2. The third-order valence-electron chi connectivity index (χ3n) is 1.72. The van der Waals surface area contributed by atoms with Gasteiger partial charge >= 0.3 is 5.97 Å². The van der Waals surface area contributed by atoms with Crippen LogP contribution in [-0.4, -0.2) is 44.2 Å². The number of carbonyl (C=O) groups excluding carboxylic acids is 1. The Balaban J connectivity index is 0. The molecule has 0 aliphatic carbocycles. The molecule has 0 saturated heterocycles. The monoisotopic (exact) mass is 210 g/mol. The fourth-order valence-corrected chi connectivity index (χ4v) is 0.440. The maximum Gasteiger partial charge on any atom is 0.309 e. The first-order valence-corrected chi connectivity index (χ1v) is 5.13. The number of quaternary nitrogens is 1. The quantitative estimate of drug-likeness (QED) is 0.307. The predicted octanol–water partition coefficient (Wildman–Crippen LogP) is 1.85. The molecule has 0 aromatic carbocycles. The first-order chi connectivity index (χ1) is 6.02. The fraction of sp³-hybridized carbons (Fsp3) is 0.889. The van der Waals surface area contributed by atoms with Gasteiger partial charge in [-0.1, -0.05) is 6.92 Å². The van der Waals surface area contributed by atoms with Crippen LogP contribution in [0.15, 0.2) is 0 Å². The Hall–Kier alpha value is -0.280. The predicted molar refractivity (Wildman–Crippen MR) is 55.7 cm³/mol. The molecule has 3 nitrogen and oxygen atoms in total. The highest BCUT2D eigenvalue weighted by Crippen LogP contribution is 1.96. The minimum Gasteiger partial charge on any atom is -0.415 e. The highest BCUT2D eigenvalue weighted by Gasteiger charge is 2.13. The lowest BCUT2D eigenvalue weighted by atomic mass is 10.5. The second-order valence-corrected chi connectivity index (χ2v) is 3.25. The molecule has 0 amide bonds. The largest absolute Gasteiger partial charge is 0.415 e. The Morgan fingerprint density at radius 2 is 1.77 bits per heavy atom. The number of alkyl halides is 1. The van der Waals surface area contributed by atoms with Gasteiger partial charge in [0.25, 0.3) is 0 Å². The van der Waals surface area contributed by atoms with E-state index in [2.05, 4.69) is 18.5 Å². The lowest BCUT2D eigenvalue weighted by Crippen LogP contribution is -2.41. The highest BCUT2D eigenvalue weighted by atomic mass is 35.5. The summed E-state index contributed by atoms with van der Waals surface area (Å²) in [4.78, 5) is 10.7. The number of carbonyl (C=O) groups is 1. The number of rotatable bonds is 4. The van der Waals surface area contributed by atoms with E-state index in [1.54, 1.807) is 6.92 Å². The SMILES string of the molecule is CCC(=O)OC[N+](C)(C)CC.CCl. The van der Waals surface area contributed by atoms with E-state index in [1.165, 1.54) is 6.38 Å². The Labute approximate surface area is 86.2 Å². The van der Waals surface area contributed by atoms with Crippen molar-refractivity contribution in [2.24, 2.45) is 0 Å². The molecular weight excluding hydrogens is 190 g/mol. The number of ether oxygens (including phenoxy) is 1. The van der Waals surface area contributed by atoms with Crippen LogP contribution in [0.5, 0.6) is 0 Å². The van der Waals surface area contributed by atoms with Crippen LogP contribution in [0.25, 0.3) is 0 Å². The summed E-state index contributed by atoms with van der Waals surface area (Å²) < 4.78 is 5.71. The number of esters is 1. The van der Waals surface area contributed by atoms with Gasteiger partial charge in [-0.15, -0.1) is 11.6 Å². The molecule has 0 aromatic heterocycles. The van der Waals surface area contributed by atoms with Gasteiger partial charge in [-0.05, 0) is 6.92 Å². The van der Waals surface area contributed by atoms with Gasteiger partial charge in [-0.2, -0.15) is 0 Å². The Morgan fingerprint density at radius 1 is 1.31 bits per heavy atom. The molecule has 0 radical (unpaired) electrons. The molecule has 0 N–H and O–H groups in total. The van der Waals surface area contributed by atoms with Crippen molar-refractivity contribution < 1.29 is 14.0 Å². The molecule has 0 rings (SSSR count). The van der Waals surface area contributed by atoms with E-state index in [-0.39, 0.29) is 5.97 Å². The van der Waals surface area contributed by atoms with Crippen molar-refractivity contribution in [1.82, 2.24) is 0 Å². The number of halogens is 1. The zero-order chi connectivity index (χ0) is 10.9. The summed E-state index contributed by atoms with van der Waals surface area (Å²) in [6.07, 6.45) is 1.93. The van der Waals surface area contributed by atoms with Crippen LogP contribution in [0, 0.1) is 0 Å². The number of hydrogen-bond acceptors (Lipinski definition) is 2. The maximum atomic E-state index is 10.7. The average Bonchev–Trinajstić information content (AvgIpc) is 2.17. The summed E-state index contributed by atoms with van der Waals surface area (Å²) in [6, 6.07) is 0. The molecule has 4 heteroatoms. The lowest BCUT2D eigenvalue weighted by molar-refractivity contribution is -0.905. The summed E-state index contributed by atoms with van der Waals surface area (Å²) in [7, 11) is 4.06. The third-order valence-corrected chi connectivity index (χ3v) is 1.72. The summed E-state index contributed by atoms with van der Waals surface area (Å²) in [5.41, 5.74) is 0. The van der Waals surface area contributed by atoms with Gasteiger partial charge in [0.15, 0.2) is 0 Å². The number of hydrogen-bond donors (Lipinski definition) is 0. The Kier molecular flexibility index (Phi) is 9.74. The Bertz CT molecular complexity index is 138. The lowest BCUT2D eigenvalue weighted by Gasteiger charge is -2.26. The van der Waals surface area contributed by atoms with E-state index in [9.17, 15) is 4.79 Å². The van der Waals surface area contributed by atoms with Crippen molar-refractivity contribution in [2.75, 3.05) is 33.8 Å². The minimum atomic E-state index is -0.121. The van der Waals surface area contributed by atoms with Crippen LogP contribution in [0.2, 0.25) is 0 Å². The molecule has 13 heavy (non-hydrogen) atoms. The van der Waals surface area contributed by atoms with Crippen molar-refractivity contribution in [3.8, 4) is 0 Å². The van der Waals surface area contributed by atoms with E-state index in [4.69, 9.17) is 4.74 Å². The molecule has 0 fully saturated rings. The van der Waals surface area contributed by atoms with Gasteiger partial charge in [0.05, 0.1) is 20.6 Å². The molecule has 0 bridgehead atoms. The zero-order valence-electron chi connectivity index (χ0n) is 9.26. The van der Waals surface area contributed by atoms with Crippen molar-refractivity contribution >= 4 is 17.6 Å². The average molecular weight is 211 g/mol. The van der Waals surface area contributed by atoms with Crippen molar-refractivity contribution in [3.05, 3.63) is 0 Å². The maximum absolute atomic E-state index is 10.7. The number of nitrogens with zero attached hydrogens (tertiary/aromatic N) is 1. The minimum absolute atomic E-state index is 0.121. The van der Waals surface area contributed by atoms with Gasteiger partial charge < -0.3 is 4.74 Å². The molecule has 0 atom stereocenters. The first-order valence-electron chi connectivity index (χ1n) is 4.37. The third kappa shape index (κ3) is 9.64. The second kappa shape index (κ2) is 8.32. The summed E-state index contributed by atoms with van der Waals surface area (Å²) in [5, 5.41) is 0. The molecular formula is C9H21ClNO2+. The summed E-state index contributed by atoms with van der Waals surface area (Å²) in [6.45, 7) is 5.31. The van der Waals surface area contributed by atoms with Crippen LogP contribution >= 0.6 is 11.6 Å².